The van der Waals surface area contributed by atoms with Gasteiger partial charge in [0.15, 0.2) is 5.78 Å². The summed E-state index contributed by atoms with van der Waals surface area (Å²) >= 11 is 0. The zero-order valence-corrected chi connectivity index (χ0v) is 11.0. The lowest BCUT2D eigenvalue weighted by atomic mass is 10.0. The number of rotatable bonds is 6. The first-order chi connectivity index (χ1) is 8.93. The molecule has 0 heterocycles. The van der Waals surface area contributed by atoms with Crippen molar-refractivity contribution in [1.29, 1.82) is 0 Å². The van der Waals surface area contributed by atoms with Crippen LogP contribution in [0, 0.1) is 5.92 Å². The lowest BCUT2D eigenvalue weighted by molar-refractivity contribution is -0.143. The zero-order valence-electron chi connectivity index (χ0n) is 11.0. The van der Waals surface area contributed by atoms with Gasteiger partial charge in [0.1, 0.15) is 0 Å². The van der Waals surface area contributed by atoms with Crippen LogP contribution in [-0.4, -0.2) is 22.8 Å². The van der Waals surface area contributed by atoms with E-state index in [9.17, 15) is 14.4 Å². The van der Waals surface area contributed by atoms with Crippen LogP contribution in [0.1, 0.15) is 37.0 Å². The number of Topliss-reactive ketones (excluding diaryl/α,β-unsaturated/α-hetero) is 1. The van der Waals surface area contributed by atoms with Gasteiger partial charge < -0.3 is 10.4 Å². The number of nitrogens with one attached hydrogen (secondary N) is 1. The molecular weight excluding hydrogens is 246 g/mol. The van der Waals surface area contributed by atoms with Crippen LogP contribution in [0.25, 0.3) is 0 Å². The molecule has 1 unspecified atom stereocenters. The first-order valence-corrected chi connectivity index (χ1v) is 6.07. The summed E-state index contributed by atoms with van der Waals surface area (Å²) in [4.78, 5) is 33.8. The molecular formula is C14H17NO4. The lowest BCUT2D eigenvalue weighted by Crippen LogP contribution is -2.21. The molecule has 0 saturated carbocycles. The van der Waals surface area contributed by atoms with Gasteiger partial charge in [0.25, 0.3) is 0 Å². The number of aliphatic carboxylic acids is 1. The summed E-state index contributed by atoms with van der Waals surface area (Å²) in [5.74, 6) is -2.12. The predicted octanol–water partition coefficient (Wildman–Crippen LogP) is 2.33. The highest BCUT2D eigenvalue weighted by molar-refractivity contribution is 5.97. The topological polar surface area (TPSA) is 83.5 Å². The van der Waals surface area contributed by atoms with E-state index in [1.165, 1.54) is 6.92 Å². The number of carboxylic acid groups (broad SMARTS) is 1. The molecule has 5 nitrogen and oxygen atoms in total. The van der Waals surface area contributed by atoms with Crippen molar-refractivity contribution in [1.82, 2.24) is 0 Å². The number of carbonyl (C=O) groups is 3. The molecule has 0 spiro atoms. The van der Waals surface area contributed by atoms with E-state index in [0.29, 0.717) is 17.7 Å². The molecule has 0 radical (unpaired) electrons. The highest BCUT2D eigenvalue weighted by atomic mass is 16.4. The fourth-order valence-corrected chi connectivity index (χ4v) is 1.66. The summed E-state index contributed by atoms with van der Waals surface area (Å²) in [6.07, 6.45) is 0.326. The van der Waals surface area contributed by atoms with Gasteiger partial charge in [-0.25, -0.2) is 0 Å². The summed E-state index contributed by atoms with van der Waals surface area (Å²) < 4.78 is 0. The van der Waals surface area contributed by atoms with E-state index in [2.05, 4.69) is 5.32 Å². The largest absolute Gasteiger partial charge is 0.481 e. The molecule has 1 rings (SSSR count). The lowest BCUT2D eigenvalue weighted by Gasteiger charge is -2.10. The van der Waals surface area contributed by atoms with Crippen molar-refractivity contribution in [2.24, 2.45) is 5.92 Å². The van der Waals surface area contributed by atoms with Gasteiger partial charge in [0.2, 0.25) is 5.91 Å². The molecule has 0 aromatic heterocycles. The molecule has 1 atom stereocenters. The molecule has 19 heavy (non-hydrogen) atoms. The second kappa shape index (κ2) is 6.68. The average Bonchev–Trinajstić information content (AvgIpc) is 2.35. The molecule has 2 N–H and O–H groups in total. The molecule has 102 valence electrons. The first kappa shape index (κ1) is 14.9. The van der Waals surface area contributed by atoms with Crippen molar-refractivity contribution < 1.29 is 19.5 Å². The summed E-state index contributed by atoms with van der Waals surface area (Å²) in [5.41, 5.74) is 1.00. The van der Waals surface area contributed by atoms with E-state index in [1.54, 1.807) is 31.2 Å². The minimum absolute atomic E-state index is 0.0733. The number of amides is 1. The minimum Gasteiger partial charge on any atom is -0.481 e. The highest BCUT2D eigenvalue weighted by Crippen LogP contribution is 2.14. The number of benzene rings is 1. The van der Waals surface area contributed by atoms with Crippen molar-refractivity contribution in [3.63, 3.8) is 0 Å². The SMILES string of the molecule is CCC(CC(=O)Nc1cccc(C(C)=O)c1)C(=O)O. The molecule has 0 bridgehead atoms. The fourth-order valence-electron chi connectivity index (χ4n) is 1.66. The van der Waals surface area contributed by atoms with Gasteiger partial charge in [-0.05, 0) is 25.5 Å². The molecule has 0 aliphatic rings. The Morgan fingerprint density at radius 3 is 2.53 bits per heavy atom. The van der Waals surface area contributed by atoms with E-state index >= 15 is 0 Å². The van der Waals surface area contributed by atoms with Crippen LogP contribution >= 0.6 is 0 Å². The summed E-state index contributed by atoms with van der Waals surface area (Å²) in [6, 6.07) is 6.55. The number of hydrogen-bond donors (Lipinski definition) is 2. The smallest absolute Gasteiger partial charge is 0.307 e. The van der Waals surface area contributed by atoms with Gasteiger partial charge in [0.05, 0.1) is 5.92 Å². The third-order valence-corrected chi connectivity index (χ3v) is 2.83. The summed E-state index contributed by atoms with van der Waals surface area (Å²) in [5, 5.41) is 11.5. The quantitative estimate of drug-likeness (QED) is 0.771. The number of ketones is 1. The van der Waals surface area contributed by atoms with E-state index in [1.807, 2.05) is 0 Å². The van der Waals surface area contributed by atoms with Gasteiger partial charge in [-0.1, -0.05) is 19.1 Å². The second-order valence-corrected chi connectivity index (χ2v) is 4.33. The highest BCUT2D eigenvalue weighted by Gasteiger charge is 2.19. The standard InChI is InChI=1S/C14H17NO4/c1-3-10(14(18)19)8-13(17)15-12-6-4-5-11(7-12)9(2)16/h4-7,10H,3,8H2,1-2H3,(H,15,17)(H,18,19). The average molecular weight is 263 g/mol. The molecule has 1 aromatic carbocycles. The van der Waals surface area contributed by atoms with Crippen LogP contribution in [0.15, 0.2) is 24.3 Å². The number of carbonyl (C=O) groups excluding carboxylic acids is 2. The molecule has 0 aliphatic carbocycles. The maximum atomic E-state index is 11.7. The van der Waals surface area contributed by atoms with Crippen LogP contribution in [-0.2, 0) is 9.59 Å². The Labute approximate surface area is 111 Å². The van der Waals surface area contributed by atoms with Crippen LogP contribution in [0.3, 0.4) is 0 Å². The van der Waals surface area contributed by atoms with Crippen LogP contribution < -0.4 is 5.32 Å². The predicted molar refractivity (Wildman–Crippen MR) is 71.1 cm³/mol. The Kier molecular flexibility index (Phi) is 5.23. The van der Waals surface area contributed by atoms with Crippen LogP contribution in [0.4, 0.5) is 5.69 Å². The Bertz CT molecular complexity index is 496. The van der Waals surface area contributed by atoms with Gasteiger partial charge in [-0.2, -0.15) is 0 Å². The Hall–Kier alpha value is -2.17. The van der Waals surface area contributed by atoms with Crippen LogP contribution in [0.2, 0.25) is 0 Å². The maximum absolute atomic E-state index is 11.7. The van der Waals surface area contributed by atoms with Gasteiger partial charge in [-0.3, -0.25) is 14.4 Å². The van der Waals surface area contributed by atoms with E-state index in [4.69, 9.17) is 5.11 Å². The van der Waals surface area contributed by atoms with Gasteiger partial charge in [-0.15, -0.1) is 0 Å². The Morgan fingerprint density at radius 2 is 2.00 bits per heavy atom. The summed E-state index contributed by atoms with van der Waals surface area (Å²) in [7, 11) is 0. The number of carboxylic acids is 1. The fraction of sp³-hybridized carbons (Fsp3) is 0.357. The number of anilines is 1. The molecule has 0 fully saturated rings. The monoisotopic (exact) mass is 263 g/mol. The van der Waals surface area contributed by atoms with Crippen molar-refractivity contribution >= 4 is 23.3 Å². The van der Waals surface area contributed by atoms with Crippen molar-refractivity contribution in [3.8, 4) is 0 Å². The van der Waals surface area contributed by atoms with E-state index in [-0.39, 0.29) is 18.1 Å². The van der Waals surface area contributed by atoms with Gasteiger partial charge >= 0.3 is 5.97 Å². The van der Waals surface area contributed by atoms with Crippen molar-refractivity contribution in [2.75, 3.05) is 5.32 Å². The zero-order chi connectivity index (χ0) is 14.4. The third kappa shape index (κ3) is 4.54. The molecule has 0 saturated heterocycles. The summed E-state index contributed by atoms with van der Waals surface area (Å²) in [6.45, 7) is 3.17. The number of hydrogen-bond acceptors (Lipinski definition) is 3. The molecule has 1 amide bonds. The van der Waals surface area contributed by atoms with E-state index in [0.717, 1.165) is 0 Å². The maximum Gasteiger partial charge on any atom is 0.307 e. The van der Waals surface area contributed by atoms with Gasteiger partial charge in [0, 0.05) is 17.7 Å². The Balaban J connectivity index is 2.69. The van der Waals surface area contributed by atoms with Crippen molar-refractivity contribution in [2.45, 2.75) is 26.7 Å². The molecule has 0 aliphatic heterocycles. The van der Waals surface area contributed by atoms with Crippen molar-refractivity contribution in [3.05, 3.63) is 29.8 Å². The van der Waals surface area contributed by atoms with Crippen LogP contribution in [0.5, 0.6) is 0 Å². The second-order valence-electron chi connectivity index (χ2n) is 4.33. The molecule has 1 aromatic rings. The molecule has 5 heteroatoms. The first-order valence-electron chi connectivity index (χ1n) is 6.07. The Morgan fingerprint density at radius 1 is 1.32 bits per heavy atom. The third-order valence-electron chi connectivity index (χ3n) is 2.83. The normalized spacial score (nSPS) is 11.7. The van der Waals surface area contributed by atoms with E-state index < -0.39 is 11.9 Å². The minimum atomic E-state index is -0.977.